The second-order valence-electron chi connectivity index (χ2n) is 1.43. The third-order valence-electron chi connectivity index (χ3n) is 0.783. The van der Waals surface area contributed by atoms with Crippen molar-refractivity contribution in [3.8, 4) is 0 Å². The Balaban J connectivity index is 2.20. The van der Waals surface area contributed by atoms with Crippen LogP contribution >= 0.6 is 16.1 Å². The van der Waals surface area contributed by atoms with Crippen molar-refractivity contribution in [2.24, 2.45) is 0 Å². The number of halogens is 1. The van der Waals surface area contributed by atoms with Crippen molar-refractivity contribution in [2.75, 3.05) is 6.54 Å². The van der Waals surface area contributed by atoms with Crippen molar-refractivity contribution in [3.05, 3.63) is 0 Å². The van der Waals surface area contributed by atoms with E-state index in [1.54, 1.807) is 0 Å². The highest BCUT2D eigenvalue weighted by Gasteiger charge is 2.25. The summed E-state index contributed by atoms with van der Waals surface area (Å²) < 4.78 is 2.10. The standard InChI is InChI=1S/C3H6BrN/c1-3-2-5(3)4/h3H,2H2,1H3/t3-,5?/m0/s1. The first-order valence-corrected chi connectivity index (χ1v) is 2.44. The highest BCUT2D eigenvalue weighted by atomic mass is 79.9. The Kier molecular flexibility index (Phi) is 0.688. The topological polar surface area (TPSA) is 3.01 Å². The molecule has 0 aromatic rings. The summed E-state index contributed by atoms with van der Waals surface area (Å²) in [6, 6.07) is 0.801. The quantitative estimate of drug-likeness (QED) is 0.354. The van der Waals surface area contributed by atoms with Crippen molar-refractivity contribution in [1.82, 2.24) is 3.93 Å². The lowest BCUT2D eigenvalue weighted by molar-refractivity contribution is 0.875. The van der Waals surface area contributed by atoms with Crippen LogP contribution in [-0.4, -0.2) is 16.5 Å². The molecule has 0 aliphatic carbocycles. The Labute approximate surface area is 40.3 Å². The van der Waals surface area contributed by atoms with Gasteiger partial charge in [0.2, 0.25) is 0 Å². The molecule has 0 bridgehead atoms. The zero-order chi connectivity index (χ0) is 3.86. The Bertz CT molecular complexity index is 40.2. The summed E-state index contributed by atoms with van der Waals surface area (Å²) in [6.07, 6.45) is 0. The number of hydrogen-bond donors (Lipinski definition) is 0. The third kappa shape index (κ3) is 0.637. The summed E-state index contributed by atoms with van der Waals surface area (Å²) in [7, 11) is 0. The van der Waals surface area contributed by atoms with Gasteiger partial charge in [-0.1, -0.05) is 0 Å². The maximum Gasteiger partial charge on any atom is 0.0314 e. The predicted molar refractivity (Wildman–Crippen MR) is 25.1 cm³/mol. The molecular weight excluding hydrogens is 130 g/mol. The van der Waals surface area contributed by atoms with E-state index in [0.29, 0.717) is 0 Å². The van der Waals surface area contributed by atoms with E-state index in [2.05, 4.69) is 27.0 Å². The molecule has 0 N–H and O–H groups in total. The number of hydrogen-bond acceptors (Lipinski definition) is 1. The van der Waals surface area contributed by atoms with Crippen LogP contribution in [0.1, 0.15) is 6.92 Å². The molecule has 5 heavy (non-hydrogen) atoms. The molecule has 2 heteroatoms. The summed E-state index contributed by atoms with van der Waals surface area (Å²) in [5.74, 6) is 0. The van der Waals surface area contributed by atoms with Gasteiger partial charge in [0.25, 0.3) is 0 Å². The summed E-state index contributed by atoms with van der Waals surface area (Å²) in [5, 5.41) is 0. The molecule has 0 spiro atoms. The van der Waals surface area contributed by atoms with Crippen molar-refractivity contribution in [1.29, 1.82) is 0 Å². The summed E-state index contributed by atoms with van der Waals surface area (Å²) in [4.78, 5) is 0. The van der Waals surface area contributed by atoms with Gasteiger partial charge in [0.05, 0.1) is 0 Å². The van der Waals surface area contributed by atoms with Gasteiger partial charge < -0.3 is 0 Å². The van der Waals surface area contributed by atoms with E-state index < -0.39 is 0 Å². The molecule has 0 saturated carbocycles. The smallest absolute Gasteiger partial charge is 0.0314 e. The SMILES string of the molecule is C[C@H]1CN1Br. The van der Waals surface area contributed by atoms with E-state index in [0.717, 1.165) is 6.04 Å². The minimum atomic E-state index is 0.801. The van der Waals surface area contributed by atoms with Crippen LogP contribution in [0.2, 0.25) is 0 Å². The van der Waals surface area contributed by atoms with E-state index in [-0.39, 0.29) is 0 Å². The maximum absolute atomic E-state index is 3.28. The van der Waals surface area contributed by atoms with Crippen LogP contribution in [0.15, 0.2) is 0 Å². The van der Waals surface area contributed by atoms with Crippen molar-refractivity contribution in [2.45, 2.75) is 13.0 Å². The van der Waals surface area contributed by atoms with Crippen LogP contribution in [0.4, 0.5) is 0 Å². The molecule has 1 fully saturated rings. The lowest BCUT2D eigenvalue weighted by atomic mass is 10.6. The molecule has 1 saturated heterocycles. The van der Waals surface area contributed by atoms with Crippen LogP contribution in [0.3, 0.4) is 0 Å². The van der Waals surface area contributed by atoms with E-state index in [1.165, 1.54) is 6.54 Å². The molecule has 0 aromatic heterocycles. The lowest BCUT2D eigenvalue weighted by Crippen LogP contribution is -1.72. The second kappa shape index (κ2) is 0.949. The van der Waals surface area contributed by atoms with Gasteiger partial charge in [0, 0.05) is 28.7 Å². The van der Waals surface area contributed by atoms with Crippen LogP contribution in [-0.2, 0) is 0 Å². The summed E-state index contributed by atoms with van der Waals surface area (Å²) in [5.41, 5.74) is 0. The van der Waals surface area contributed by atoms with Crippen LogP contribution in [0.5, 0.6) is 0 Å². The second-order valence-corrected chi connectivity index (χ2v) is 2.34. The largest absolute Gasteiger partial charge is 0.237 e. The number of nitrogens with zero attached hydrogens (tertiary/aromatic N) is 1. The average Bonchev–Trinajstić information content (AvgIpc) is 1.79. The van der Waals surface area contributed by atoms with Crippen molar-refractivity contribution < 1.29 is 0 Å². The molecule has 0 amide bonds. The van der Waals surface area contributed by atoms with Crippen LogP contribution < -0.4 is 0 Å². The minimum Gasteiger partial charge on any atom is -0.237 e. The Morgan fingerprint density at radius 3 is 2.20 bits per heavy atom. The molecule has 1 unspecified atom stereocenters. The van der Waals surface area contributed by atoms with Gasteiger partial charge in [-0.2, -0.15) is 0 Å². The fourth-order valence-corrected chi connectivity index (χ4v) is 0.624. The summed E-state index contributed by atoms with van der Waals surface area (Å²) >= 11 is 3.28. The molecule has 0 radical (unpaired) electrons. The van der Waals surface area contributed by atoms with Gasteiger partial charge in [0.1, 0.15) is 0 Å². The van der Waals surface area contributed by atoms with Crippen LogP contribution in [0.25, 0.3) is 0 Å². The van der Waals surface area contributed by atoms with Gasteiger partial charge in [-0.25, -0.2) is 3.93 Å². The molecule has 1 aliphatic rings. The molecule has 1 rings (SSSR count). The zero-order valence-corrected chi connectivity index (χ0v) is 4.70. The van der Waals surface area contributed by atoms with Crippen molar-refractivity contribution >= 4 is 16.1 Å². The lowest BCUT2D eigenvalue weighted by Gasteiger charge is -1.71. The van der Waals surface area contributed by atoms with Gasteiger partial charge in [-0.05, 0) is 6.92 Å². The molecule has 1 aliphatic heterocycles. The molecule has 0 aromatic carbocycles. The maximum atomic E-state index is 3.28. The van der Waals surface area contributed by atoms with E-state index >= 15 is 0 Å². The van der Waals surface area contributed by atoms with E-state index in [9.17, 15) is 0 Å². The first kappa shape index (κ1) is 3.62. The Hall–Kier alpha value is 0.440. The first-order valence-electron chi connectivity index (χ1n) is 1.73. The average molecular weight is 136 g/mol. The minimum absolute atomic E-state index is 0.801. The Morgan fingerprint density at radius 2 is 2.20 bits per heavy atom. The predicted octanol–water partition coefficient (Wildman–Crippen LogP) is 1.00. The van der Waals surface area contributed by atoms with Gasteiger partial charge in [-0.3, -0.25) is 0 Å². The van der Waals surface area contributed by atoms with Gasteiger partial charge in [-0.15, -0.1) is 0 Å². The summed E-state index contributed by atoms with van der Waals surface area (Å²) in [6.45, 7) is 3.40. The van der Waals surface area contributed by atoms with E-state index in [1.807, 2.05) is 0 Å². The molecular formula is C3H6BrN. The van der Waals surface area contributed by atoms with Crippen LogP contribution in [0, 0.1) is 0 Å². The monoisotopic (exact) mass is 135 g/mol. The fourth-order valence-electron chi connectivity index (χ4n) is 0.205. The van der Waals surface area contributed by atoms with Gasteiger partial charge >= 0.3 is 0 Å². The van der Waals surface area contributed by atoms with Crippen molar-refractivity contribution in [3.63, 3.8) is 0 Å². The molecule has 30 valence electrons. The Morgan fingerprint density at radius 1 is 2.00 bits per heavy atom. The van der Waals surface area contributed by atoms with Gasteiger partial charge in [0.15, 0.2) is 0 Å². The number of rotatable bonds is 0. The third-order valence-corrected chi connectivity index (χ3v) is 1.77. The molecule has 2 atom stereocenters. The highest BCUT2D eigenvalue weighted by Crippen LogP contribution is 2.19. The first-order chi connectivity index (χ1) is 2.30. The normalized spacial score (nSPS) is 49.2. The fraction of sp³-hybridized carbons (Fsp3) is 1.00. The molecule has 1 nitrogen and oxygen atoms in total. The highest BCUT2D eigenvalue weighted by molar-refractivity contribution is 9.07. The van der Waals surface area contributed by atoms with E-state index in [4.69, 9.17) is 0 Å². The molecule has 1 heterocycles. The zero-order valence-electron chi connectivity index (χ0n) is 3.11.